The third-order valence-electron chi connectivity index (χ3n) is 7.75. The number of cyclic esters (lactones) is 1. The van der Waals surface area contributed by atoms with Gasteiger partial charge in [-0.3, -0.25) is 14.4 Å². The van der Waals surface area contributed by atoms with Crippen molar-refractivity contribution >= 4 is 23.5 Å². The summed E-state index contributed by atoms with van der Waals surface area (Å²) >= 11 is 0. The Labute approximate surface area is 210 Å². The molecule has 2 saturated heterocycles. The number of aliphatic hydroxyl groups excluding tert-OH is 1. The Kier molecular flexibility index (Phi) is 6.61. The maximum Gasteiger partial charge on any atom is 0.312 e. The van der Waals surface area contributed by atoms with Crippen LogP contribution in [0.3, 0.4) is 0 Å². The molecule has 1 N–H and O–H groups in total. The van der Waals surface area contributed by atoms with Crippen molar-refractivity contribution in [3.05, 3.63) is 48.6 Å². The summed E-state index contributed by atoms with van der Waals surface area (Å²) in [6, 6.07) is 5.49. The minimum absolute atomic E-state index is 0.266. The van der Waals surface area contributed by atoms with E-state index in [0.29, 0.717) is 24.3 Å². The van der Waals surface area contributed by atoms with Crippen LogP contribution < -0.4 is 9.64 Å². The lowest BCUT2D eigenvalue weighted by atomic mass is 9.78. The fraction of sp³-hybridized carbons (Fsp3) is 0.519. The fourth-order valence-electron chi connectivity index (χ4n) is 5.99. The first-order valence-electron chi connectivity index (χ1n) is 12.5. The summed E-state index contributed by atoms with van der Waals surface area (Å²) in [5.74, 6) is -2.32. The summed E-state index contributed by atoms with van der Waals surface area (Å²) in [6.07, 6.45) is 8.56. The molecule has 0 aromatic heterocycles. The van der Waals surface area contributed by atoms with Crippen molar-refractivity contribution in [2.24, 2.45) is 11.8 Å². The average molecular weight is 497 g/mol. The van der Waals surface area contributed by atoms with E-state index in [1.54, 1.807) is 42.4 Å². The highest BCUT2D eigenvalue weighted by Crippen LogP contribution is 2.54. The second-order valence-electron chi connectivity index (χ2n) is 9.62. The lowest BCUT2D eigenvalue weighted by molar-refractivity contribution is -0.155. The van der Waals surface area contributed by atoms with Gasteiger partial charge in [-0.1, -0.05) is 31.2 Å². The molecule has 0 radical (unpaired) electrons. The maximum absolute atomic E-state index is 14.3. The Morgan fingerprint density at radius 3 is 2.64 bits per heavy atom. The van der Waals surface area contributed by atoms with Crippen molar-refractivity contribution in [2.75, 3.05) is 31.8 Å². The van der Waals surface area contributed by atoms with Crippen molar-refractivity contribution in [1.82, 2.24) is 4.90 Å². The zero-order valence-electron chi connectivity index (χ0n) is 20.5. The second-order valence-corrected chi connectivity index (χ2v) is 9.62. The summed E-state index contributed by atoms with van der Waals surface area (Å²) in [7, 11) is 1.57. The molecular formula is C27H32N2O7. The number of amides is 2. The van der Waals surface area contributed by atoms with E-state index in [9.17, 15) is 19.5 Å². The standard InChI is InChI=1S/C27H32N2O7/c1-3-17(16-30)29-23-25(32)28(18-9-11-19(34-2)12-10-18)14-7-13-27(23)22(24(29)31)21-20(36-27)8-5-4-6-15-35-26(21)33/h5,7-13,17,20-23,30H,3-4,6,14-16H2,1-2H3/b8-5-/t17-,20+,21-,22-,23?,27-/m0/s1. The monoisotopic (exact) mass is 496 g/mol. The number of carbonyl (C=O) groups is 3. The van der Waals surface area contributed by atoms with Crippen molar-refractivity contribution < 1.29 is 33.7 Å². The summed E-state index contributed by atoms with van der Waals surface area (Å²) in [5.41, 5.74) is -0.703. The Morgan fingerprint density at radius 1 is 1.17 bits per heavy atom. The highest BCUT2D eigenvalue weighted by Gasteiger charge is 2.72. The molecule has 2 amide bonds. The number of ether oxygens (including phenoxy) is 3. The van der Waals surface area contributed by atoms with E-state index in [2.05, 4.69) is 0 Å². The molecule has 1 aromatic carbocycles. The van der Waals surface area contributed by atoms with Crippen LogP contribution in [0.2, 0.25) is 0 Å². The van der Waals surface area contributed by atoms with E-state index in [-0.39, 0.29) is 31.6 Å². The molecule has 4 aliphatic rings. The lowest BCUT2D eigenvalue weighted by Crippen LogP contribution is -2.58. The quantitative estimate of drug-likeness (QED) is 0.490. The molecule has 1 unspecified atom stereocenters. The van der Waals surface area contributed by atoms with E-state index in [1.165, 1.54) is 4.90 Å². The first-order chi connectivity index (χ1) is 17.5. The minimum atomic E-state index is -1.35. The van der Waals surface area contributed by atoms with Gasteiger partial charge in [-0.05, 0) is 43.5 Å². The smallest absolute Gasteiger partial charge is 0.312 e. The van der Waals surface area contributed by atoms with Crippen molar-refractivity contribution in [3.63, 3.8) is 0 Å². The van der Waals surface area contributed by atoms with Gasteiger partial charge in [0.2, 0.25) is 5.91 Å². The molecule has 2 fully saturated rings. The summed E-state index contributed by atoms with van der Waals surface area (Å²) in [4.78, 5) is 44.6. The van der Waals surface area contributed by atoms with Crippen LogP contribution in [-0.2, 0) is 23.9 Å². The number of anilines is 1. The van der Waals surface area contributed by atoms with Crippen molar-refractivity contribution in [1.29, 1.82) is 0 Å². The van der Waals surface area contributed by atoms with Crippen LogP contribution in [0.25, 0.3) is 0 Å². The Bertz CT molecular complexity index is 1080. The summed E-state index contributed by atoms with van der Waals surface area (Å²) in [6.45, 7) is 2.09. The van der Waals surface area contributed by atoms with Crippen LogP contribution in [0.5, 0.6) is 5.75 Å². The van der Waals surface area contributed by atoms with Crippen LogP contribution in [-0.4, -0.2) is 78.4 Å². The van der Waals surface area contributed by atoms with Gasteiger partial charge in [0.1, 0.15) is 23.3 Å². The number of esters is 1. The highest BCUT2D eigenvalue weighted by atomic mass is 16.6. The van der Waals surface area contributed by atoms with Crippen molar-refractivity contribution in [2.45, 2.75) is 50.0 Å². The highest BCUT2D eigenvalue weighted by molar-refractivity contribution is 6.05. The first-order valence-corrected chi connectivity index (χ1v) is 12.5. The van der Waals surface area contributed by atoms with E-state index in [4.69, 9.17) is 14.2 Å². The van der Waals surface area contributed by atoms with Gasteiger partial charge in [0.15, 0.2) is 0 Å². The SMILES string of the molecule is CC[C@@H](CO)N1C(=O)[C@@H]2[C@H]3C(=O)OCCC/C=C\[C@H]3O[C@@]23C=CCN(c2ccc(OC)cc2)C(=O)C13. The second kappa shape index (κ2) is 9.71. The predicted octanol–water partition coefficient (Wildman–Crippen LogP) is 1.84. The zero-order chi connectivity index (χ0) is 25.4. The van der Waals surface area contributed by atoms with Crippen LogP contribution in [0.4, 0.5) is 5.69 Å². The molecule has 1 spiro atoms. The van der Waals surface area contributed by atoms with Gasteiger partial charge in [0.25, 0.3) is 5.91 Å². The number of benzene rings is 1. The number of aliphatic hydroxyl groups is 1. The predicted molar refractivity (Wildman–Crippen MR) is 130 cm³/mol. The summed E-state index contributed by atoms with van der Waals surface area (Å²) < 4.78 is 17.3. The van der Waals surface area contributed by atoms with E-state index < -0.39 is 41.6 Å². The van der Waals surface area contributed by atoms with E-state index >= 15 is 0 Å². The molecule has 4 aliphatic heterocycles. The van der Waals surface area contributed by atoms with Gasteiger partial charge in [-0.15, -0.1) is 0 Å². The molecule has 5 rings (SSSR count). The molecule has 1 aromatic rings. The first kappa shape index (κ1) is 24.5. The molecule has 0 bridgehead atoms. The van der Waals surface area contributed by atoms with Gasteiger partial charge in [0, 0.05) is 12.2 Å². The largest absolute Gasteiger partial charge is 0.497 e. The maximum atomic E-state index is 14.3. The topological polar surface area (TPSA) is 106 Å². The van der Waals surface area contributed by atoms with Crippen LogP contribution in [0.1, 0.15) is 26.2 Å². The number of fused-ring (bicyclic) bond motifs is 2. The molecule has 192 valence electrons. The van der Waals surface area contributed by atoms with E-state index in [1.807, 2.05) is 25.2 Å². The number of methoxy groups -OCH3 is 1. The van der Waals surface area contributed by atoms with Crippen LogP contribution >= 0.6 is 0 Å². The van der Waals surface area contributed by atoms with E-state index in [0.717, 1.165) is 6.42 Å². The minimum Gasteiger partial charge on any atom is -0.497 e. The molecular weight excluding hydrogens is 464 g/mol. The molecule has 6 atom stereocenters. The third kappa shape index (κ3) is 3.72. The summed E-state index contributed by atoms with van der Waals surface area (Å²) in [5, 5.41) is 10.2. The van der Waals surface area contributed by atoms with Gasteiger partial charge in [0.05, 0.1) is 38.4 Å². The zero-order valence-corrected chi connectivity index (χ0v) is 20.5. The number of likely N-dealkylation sites (tertiary alicyclic amines) is 1. The van der Waals surface area contributed by atoms with Gasteiger partial charge in [-0.25, -0.2) is 0 Å². The number of allylic oxidation sites excluding steroid dienone is 1. The van der Waals surface area contributed by atoms with Gasteiger partial charge < -0.3 is 29.1 Å². The molecule has 36 heavy (non-hydrogen) atoms. The molecule has 9 nitrogen and oxygen atoms in total. The molecule has 4 heterocycles. The van der Waals surface area contributed by atoms with Crippen LogP contribution in [0.15, 0.2) is 48.6 Å². The fourth-order valence-corrected chi connectivity index (χ4v) is 5.99. The molecule has 9 heteroatoms. The average Bonchev–Trinajstić information content (AvgIpc) is 3.30. The van der Waals surface area contributed by atoms with Gasteiger partial charge in [-0.2, -0.15) is 0 Å². The number of carbonyl (C=O) groups excluding carboxylic acids is 3. The molecule has 0 aliphatic carbocycles. The van der Waals surface area contributed by atoms with Crippen molar-refractivity contribution in [3.8, 4) is 5.75 Å². The number of nitrogens with zero attached hydrogens (tertiary/aromatic N) is 2. The lowest BCUT2D eigenvalue weighted by Gasteiger charge is -2.38. The normalized spacial score (nSPS) is 33.5. The Balaban J connectivity index is 1.62. The Morgan fingerprint density at radius 2 is 1.94 bits per heavy atom. The van der Waals surface area contributed by atoms with Gasteiger partial charge >= 0.3 is 5.97 Å². The Hall–Kier alpha value is -3.17. The van der Waals surface area contributed by atoms with Crippen LogP contribution in [0, 0.1) is 11.8 Å². The number of hydrogen-bond acceptors (Lipinski definition) is 7. The number of rotatable bonds is 5. The number of hydrogen-bond donors (Lipinski definition) is 1. The third-order valence-corrected chi connectivity index (χ3v) is 7.75. The molecule has 0 saturated carbocycles.